The molecule has 0 radical (unpaired) electrons. The number of amides is 1. The Kier molecular flexibility index (Phi) is 4.71. The first-order valence-corrected chi connectivity index (χ1v) is 8.03. The highest BCUT2D eigenvalue weighted by Gasteiger charge is 2.26. The average molecular weight is 314 g/mol. The highest BCUT2D eigenvalue weighted by atomic mass is 16.3. The lowest BCUT2D eigenvalue weighted by Crippen LogP contribution is -2.38. The maximum Gasteiger partial charge on any atom is 0.255 e. The number of aromatic nitrogens is 3. The average Bonchev–Trinajstić information content (AvgIpc) is 3.11. The summed E-state index contributed by atoms with van der Waals surface area (Å²) < 4.78 is 1.79. The molecule has 0 saturated heterocycles. The van der Waals surface area contributed by atoms with Gasteiger partial charge in [-0.2, -0.15) is 0 Å². The summed E-state index contributed by atoms with van der Waals surface area (Å²) in [5.74, 6) is 0.841. The van der Waals surface area contributed by atoms with Crippen molar-refractivity contribution in [1.29, 1.82) is 0 Å². The molecule has 2 heterocycles. The summed E-state index contributed by atoms with van der Waals surface area (Å²) in [7, 11) is 1.79. The van der Waals surface area contributed by atoms with Crippen molar-refractivity contribution in [1.82, 2.24) is 19.4 Å². The van der Waals surface area contributed by atoms with E-state index in [1.807, 2.05) is 0 Å². The molecule has 1 aliphatic rings. The van der Waals surface area contributed by atoms with E-state index in [0.717, 1.165) is 31.5 Å². The Balaban J connectivity index is 1.65. The fourth-order valence-corrected chi connectivity index (χ4v) is 3.12. The van der Waals surface area contributed by atoms with Gasteiger partial charge in [0.2, 0.25) is 0 Å². The molecule has 122 valence electrons. The molecule has 0 aromatic carbocycles. The summed E-state index contributed by atoms with van der Waals surface area (Å²) in [5, 5.41) is 10.1. The van der Waals surface area contributed by atoms with Gasteiger partial charge < -0.3 is 10.0 Å². The first kappa shape index (κ1) is 15.7. The minimum Gasteiger partial charge on any atom is -0.393 e. The number of pyridine rings is 1. The van der Waals surface area contributed by atoms with Gasteiger partial charge in [-0.3, -0.25) is 9.36 Å². The number of hydrogen-bond acceptors (Lipinski definition) is 4. The van der Waals surface area contributed by atoms with E-state index in [1.165, 1.54) is 0 Å². The fourth-order valence-electron chi connectivity index (χ4n) is 3.12. The van der Waals surface area contributed by atoms with Gasteiger partial charge in [-0.05, 0) is 25.0 Å². The minimum atomic E-state index is -0.291. The molecule has 1 aliphatic carbocycles. The van der Waals surface area contributed by atoms with Crippen LogP contribution in [0.1, 0.15) is 36.0 Å². The topological polar surface area (TPSA) is 71.2 Å². The molecule has 1 amide bonds. The highest BCUT2D eigenvalue weighted by molar-refractivity contribution is 5.93. The van der Waals surface area contributed by atoms with E-state index in [0.29, 0.717) is 12.1 Å². The van der Waals surface area contributed by atoms with Crippen molar-refractivity contribution >= 4 is 5.91 Å². The van der Waals surface area contributed by atoms with Crippen LogP contribution in [0, 0.1) is 5.92 Å². The molecule has 0 bridgehead atoms. The molecular formula is C17H22N4O2. The van der Waals surface area contributed by atoms with Crippen LogP contribution in [0.5, 0.6) is 0 Å². The first-order chi connectivity index (χ1) is 11.1. The summed E-state index contributed by atoms with van der Waals surface area (Å²) in [6.07, 6.45) is 10.5. The van der Waals surface area contributed by atoms with Gasteiger partial charge in [0.25, 0.3) is 5.91 Å². The third-order valence-electron chi connectivity index (χ3n) is 4.49. The molecule has 2 aromatic heterocycles. The largest absolute Gasteiger partial charge is 0.393 e. The number of carbonyl (C=O) groups is 1. The quantitative estimate of drug-likeness (QED) is 0.935. The smallest absolute Gasteiger partial charge is 0.255 e. The molecule has 2 aromatic rings. The van der Waals surface area contributed by atoms with Crippen LogP contribution < -0.4 is 0 Å². The molecule has 1 fully saturated rings. The number of aliphatic hydroxyl groups excluding tert-OH is 1. The van der Waals surface area contributed by atoms with Crippen molar-refractivity contribution in [3.63, 3.8) is 0 Å². The van der Waals surface area contributed by atoms with Gasteiger partial charge in [0.1, 0.15) is 12.1 Å². The minimum absolute atomic E-state index is 0.0625. The summed E-state index contributed by atoms with van der Waals surface area (Å²) in [5.41, 5.74) is 0.557. The Bertz CT molecular complexity index is 639. The molecule has 0 spiro atoms. The zero-order chi connectivity index (χ0) is 16.2. The van der Waals surface area contributed by atoms with E-state index >= 15 is 0 Å². The van der Waals surface area contributed by atoms with Crippen molar-refractivity contribution < 1.29 is 9.90 Å². The lowest BCUT2D eigenvalue weighted by Gasteiger charge is -2.31. The van der Waals surface area contributed by atoms with Gasteiger partial charge in [-0.1, -0.05) is 12.8 Å². The SMILES string of the molecule is CN(CC1CCCCC1O)C(=O)c1ccc(-n2ccnc2)nc1. The van der Waals surface area contributed by atoms with E-state index in [1.54, 1.807) is 53.6 Å². The van der Waals surface area contributed by atoms with Crippen LogP contribution in [0.4, 0.5) is 0 Å². The third-order valence-corrected chi connectivity index (χ3v) is 4.49. The molecule has 0 aliphatic heterocycles. The van der Waals surface area contributed by atoms with Crippen LogP contribution in [-0.2, 0) is 0 Å². The van der Waals surface area contributed by atoms with Crippen molar-refractivity contribution in [3.8, 4) is 5.82 Å². The van der Waals surface area contributed by atoms with Crippen LogP contribution >= 0.6 is 0 Å². The molecule has 3 rings (SSSR count). The van der Waals surface area contributed by atoms with Gasteiger partial charge >= 0.3 is 0 Å². The summed E-state index contributed by atoms with van der Waals surface area (Å²) in [4.78, 5) is 22.5. The number of aliphatic hydroxyl groups is 1. The first-order valence-electron chi connectivity index (χ1n) is 8.03. The lowest BCUT2D eigenvalue weighted by molar-refractivity contribution is 0.0451. The summed E-state index contributed by atoms with van der Waals surface area (Å²) in [6, 6.07) is 3.58. The normalized spacial score (nSPS) is 21.1. The molecule has 2 unspecified atom stereocenters. The number of hydrogen-bond donors (Lipinski definition) is 1. The Labute approximate surface area is 135 Å². The maximum atomic E-state index is 12.5. The Morgan fingerprint density at radius 1 is 1.39 bits per heavy atom. The van der Waals surface area contributed by atoms with Crippen molar-refractivity contribution in [3.05, 3.63) is 42.6 Å². The molecule has 1 saturated carbocycles. The Morgan fingerprint density at radius 3 is 2.87 bits per heavy atom. The van der Waals surface area contributed by atoms with Crippen LogP contribution in [0.15, 0.2) is 37.1 Å². The number of nitrogens with zero attached hydrogens (tertiary/aromatic N) is 4. The molecular weight excluding hydrogens is 292 g/mol. The second-order valence-corrected chi connectivity index (χ2v) is 6.17. The van der Waals surface area contributed by atoms with Crippen molar-refractivity contribution in [2.75, 3.05) is 13.6 Å². The van der Waals surface area contributed by atoms with Crippen LogP contribution in [0.2, 0.25) is 0 Å². The predicted molar refractivity (Wildman–Crippen MR) is 86.3 cm³/mol. The van der Waals surface area contributed by atoms with Crippen molar-refractivity contribution in [2.24, 2.45) is 5.92 Å². The van der Waals surface area contributed by atoms with Crippen LogP contribution in [0.3, 0.4) is 0 Å². The Hall–Kier alpha value is -2.21. The Morgan fingerprint density at radius 2 is 2.22 bits per heavy atom. The van der Waals surface area contributed by atoms with E-state index in [9.17, 15) is 9.90 Å². The van der Waals surface area contributed by atoms with E-state index in [4.69, 9.17) is 0 Å². The maximum absolute atomic E-state index is 12.5. The highest BCUT2D eigenvalue weighted by Crippen LogP contribution is 2.25. The zero-order valence-corrected chi connectivity index (χ0v) is 13.3. The van der Waals surface area contributed by atoms with Gasteiger partial charge in [0.15, 0.2) is 0 Å². The summed E-state index contributed by atoms with van der Waals surface area (Å²) in [6.45, 7) is 0.587. The van der Waals surface area contributed by atoms with Gasteiger partial charge in [-0.15, -0.1) is 0 Å². The van der Waals surface area contributed by atoms with Crippen molar-refractivity contribution in [2.45, 2.75) is 31.8 Å². The van der Waals surface area contributed by atoms with Gasteiger partial charge in [0.05, 0.1) is 11.7 Å². The molecule has 1 N–H and O–H groups in total. The second kappa shape index (κ2) is 6.91. The number of carbonyl (C=O) groups excluding carboxylic acids is 1. The molecule has 2 atom stereocenters. The summed E-state index contributed by atoms with van der Waals surface area (Å²) >= 11 is 0. The molecule has 23 heavy (non-hydrogen) atoms. The van der Waals surface area contributed by atoms with Crippen LogP contribution in [0.25, 0.3) is 5.82 Å². The standard InChI is InChI=1S/C17H22N4O2/c1-20(11-14-4-2-3-5-15(14)22)17(23)13-6-7-16(19-10-13)21-9-8-18-12-21/h6-10,12,14-15,22H,2-5,11H2,1H3. The number of imidazole rings is 1. The van der Waals surface area contributed by atoms with E-state index < -0.39 is 0 Å². The number of rotatable bonds is 4. The molecule has 6 heteroatoms. The van der Waals surface area contributed by atoms with Gasteiger partial charge in [0, 0.05) is 38.1 Å². The van der Waals surface area contributed by atoms with Crippen LogP contribution in [-0.4, -0.2) is 50.1 Å². The fraction of sp³-hybridized carbons (Fsp3) is 0.471. The molecule has 6 nitrogen and oxygen atoms in total. The monoisotopic (exact) mass is 314 g/mol. The predicted octanol–water partition coefficient (Wildman–Crippen LogP) is 1.89. The van der Waals surface area contributed by atoms with Gasteiger partial charge in [-0.25, -0.2) is 9.97 Å². The second-order valence-electron chi connectivity index (χ2n) is 6.17. The van der Waals surface area contributed by atoms with E-state index in [-0.39, 0.29) is 17.9 Å². The van der Waals surface area contributed by atoms with E-state index in [2.05, 4.69) is 9.97 Å². The zero-order valence-electron chi connectivity index (χ0n) is 13.3. The third kappa shape index (κ3) is 3.59. The lowest BCUT2D eigenvalue weighted by atomic mass is 9.86.